The van der Waals surface area contributed by atoms with Crippen LogP contribution < -0.4 is 5.73 Å². The first-order valence-corrected chi connectivity index (χ1v) is 6.71. The highest BCUT2D eigenvalue weighted by Gasteiger charge is 2.22. The molecule has 1 aliphatic heterocycles. The number of pyridine rings is 1. The van der Waals surface area contributed by atoms with E-state index in [1.54, 1.807) is 12.1 Å². The summed E-state index contributed by atoms with van der Waals surface area (Å²) in [6.07, 6.45) is 3.64. The van der Waals surface area contributed by atoms with Gasteiger partial charge in [0.2, 0.25) is 0 Å². The predicted octanol–water partition coefficient (Wildman–Crippen LogP) is 2.70. The van der Waals surface area contributed by atoms with Gasteiger partial charge < -0.3 is 5.73 Å². The summed E-state index contributed by atoms with van der Waals surface area (Å²) in [5.41, 5.74) is 6.64. The van der Waals surface area contributed by atoms with Crippen LogP contribution in [-0.2, 0) is 6.54 Å². The number of piperidine rings is 1. The molecule has 0 saturated carbocycles. The van der Waals surface area contributed by atoms with Gasteiger partial charge in [-0.15, -0.1) is 0 Å². The third-order valence-electron chi connectivity index (χ3n) is 3.26. The quantitative estimate of drug-likeness (QED) is 0.862. The molecular weight excluding hydrogens is 257 g/mol. The van der Waals surface area contributed by atoms with Crippen molar-refractivity contribution < 1.29 is 0 Å². The molecular formula is C12H17Cl2N3. The van der Waals surface area contributed by atoms with Gasteiger partial charge >= 0.3 is 0 Å². The minimum atomic E-state index is 0.445. The van der Waals surface area contributed by atoms with E-state index in [4.69, 9.17) is 28.9 Å². The van der Waals surface area contributed by atoms with E-state index in [0.717, 1.165) is 25.2 Å². The zero-order chi connectivity index (χ0) is 12.3. The summed E-state index contributed by atoms with van der Waals surface area (Å²) in [5, 5.41) is 1.17. The normalized spacial score (nSPS) is 21.7. The largest absolute Gasteiger partial charge is 0.329 e. The number of nitrogens with two attached hydrogens (primary N) is 1. The van der Waals surface area contributed by atoms with E-state index in [9.17, 15) is 0 Å². The molecule has 0 spiro atoms. The molecule has 1 atom stereocenters. The summed E-state index contributed by atoms with van der Waals surface area (Å²) >= 11 is 12.0. The summed E-state index contributed by atoms with van der Waals surface area (Å²) in [4.78, 5) is 6.64. The van der Waals surface area contributed by atoms with E-state index in [-0.39, 0.29) is 0 Å². The van der Waals surface area contributed by atoms with Crippen molar-refractivity contribution in [1.29, 1.82) is 0 Å². The first kappa shape index (κ1) is 13.1. The van der Waals surface area contributed by atoms with Crippen molar-refractivity contribution in [2.45, 2.75) is 31.8 Å². The van der Waals surface area contributed by atoms with Crippen LogP contribution in [0.15, 0.2) is 12.1 Å². The van der Waals surface area contributed by atoms with Crippen LogP contribution in [0, 0.1) is 0 Å². The fraction of sp³-hybridized carbons (Fsp3) is 0.583. The summed E-state index contributed by atoms with van der Waals surface area (Å²) in [6, 6.07) is 3.96. The first-order chi connectivity index (χ1) is 8.20. The lowest BCUT2D eigenvalue weighted by molar-refractivity contribution is 0.143. The third kappa shape index (κ3) is 3.32. The van der Waals surface area contributed by atoms with Crippen LogP contribution in [-0.4, -0.2) is 29.0 Å². The summed E-state index contributed by atoms with van der Waals surface area (Å²) in [5.74, 6) is 0. The van der Waals surface area contributed by atoms with E-state index in [1.165, 1.54) is 12.8 Å². The number of rotatable bonds is 3. The number of hydrogen-bond donors (Lipinski definition) is 1. The Morgan fingerprint density at radius 1 is 1.35 bits per heavy atom. The molecule has 2 N–H and O–H groups in total. The Morgan fingerprint density at radius 2 is 2.18 bits per heavy atom. The van der Waals surface area contributed by atoms with Gasteiger partial charge in [0.25, 0.3) is 0 Å². The number of likely N-dealkylation sites (tertiary alicyclic amines) is 1. The molecule has 0 aliphatic carbocycles. The topological polar surface area (TPSA) is 42.1 Å². The van der Waals surface area contributed by atoms with Gasteiger partial charge in [0.1, 0.15) is 5.15 Å². The van der Waals surface area contributed by atoms with Crippen LogP contribution >= 0.6 is 23.2 Å². The fourth-order valence-corrected chi connectivity index (χ4v) is 2.63. The number of nitrogens with zero attached hydrogens (tertiary/aromatic N) is 2. The van der Waals surface area contributed by atoms with Gasteiger partial charge in [-0.25, -0.2) is 4.98 Å². The van der Waals surface area contributed by atoms with Crippen LogP contribution in [0.2, 0.25) is 10.2 Å². The number of hydrogen-bond acceptors (Lipinski definition) is 3. The van der Waals surface area contributed by atoms with Crippen molar-refractivity contribution in [1.82, 2.24) is 9.88 Å². The molecule has 1 aliphatic rings. The molecule has 3 nitrogen and oxygen atoms in total. The lowest BCUT2D eigenvalue weighted by Crippen LogP contribution is -2.43. The zero-order valence-electron chi connectivity index (χ0n) is 9.70. The van der Waals surface area contributed by atoms with Crippen molar-refractivity contribution in [2.75, 3.05) is 13.1 Å². The molecule has 2 rings (SSSR count). The Hall–Kier alpha value is -0.350. The summed E-state index contributed by atoms with van der Waals surface area (Å²) < 4.78 is 0. The van der Waals surface area contributed by atoms with Crippen LogP contribution in [0.4, 0.5) is 0 Å². The Labute approximate surface area is 112 Å². The summed E-state index contributed by atoms with van der Waals surface area (Å²) in [7, 11) is 0. The molecule has 1 aromatic rings. The standard InChI is InChI=1S/C12H17Cl2N3/c13-10-4-5-12(14)16-11(10)8-17-6-2-1-3-9(17)7-15/h4-5,9H,1-3,6-8,15H2. The Morgan fingerprint density at radius 3 is 2.94 bits per heavy atom. The second-order valence-electron chi connectivity index (χ2n) is 4.42. The smallest absolute Gasteiger partial charge is 0.129 e. The van der Waals surface area contributed by atoms with Crippen molar-refractivity contribution in [2.24, 2.45) is 5.73 Å². The molecule has 0 bridgehead atoms. The number of halogens is 2. The summed E-state index contributed by atoms with van der Waals surface area (Å²) in [6.45, 7) is 2.49. The lowest BCUT2D eigenvalue weighted by atomic mass is 10.0. The van der Waals surface area contributed by atoms with Gasteiger partial charge in [-0.3, -0.25) is 4.90 Å². The Bertz CT molecular complexity index is 384. The fourth-order valence-electron chi connectivity index (χ4n) is 2.30. The molecule has 1 saturated heterocycles. The monoisotopic (exact) mass is 273 g/mol. The van der Waals surface area contributed by atoms with Crippen molar-refractivity contribution in [3.05, 3.63) is 28.0 Å². The molecule has 94 valence electrons. The maximum absolute atomic E-state index is 6.13. The molecule has 0 aromatic carbocycles. The van der Waals surface area contributed by atoms with Gasteiger partial charge in [0.05, 0.1) is 10.7 Å². The SMILES string of the molecule is NCC1CCCCN1Cc1nc(Cl)ccc1Cl. The maximum atomic E-state index is 6.13. The molecule has 1 fully saturated rings. The van der Waals surface area contributed by atoms with Gasteiger partial charge in [0, 0.05) is 19.1 Å². The minimum Gasteiger partial charge on any atom is -0.329 e. The average molecular weight is 274 g/mol. The van der Waals surface area contributed by atoms with E-state index < -0.39 is 0 Å². The minimum absolute atomic E-state index is 0.445. The second-order valence-corrected chi connectivity index (χ2v) is 5.21. The highest BCUT2D eigenvalue weighted by Crippen LogP contribution is 2.23. The van der Waals surface area contributed by atoms with Gasteiger partial charge in [-0.1, -0.05) is 29.6 Å². The zero-order valence-corrected chi connectivity index (χ0v) is 11.2. The van der Waals surface area contributed by atoms with Crippen molar-refractivity contribution in [3.63, 3.8) is 0 Å². The van der Waals surface area contributed by atoms with E-state index in [1.807, 2.05) is 0 Å². The highest BCUT2D eigenvalue weighted by atomic mass is 35.5. The van der Waals surface area contributed by atoms with Crippen LogP contribution in [0.25, 0.3) is 0 Å². The third-order valence-corrected chi connectivity index (χ3v) is 3.81. The maximum Gasteiger partial charge on any atom is 0.129 e. The van der Waals surface area contributed by atoms with Crippen molar-refractivity contribution >= 4 is 23.2 Å². The Kier molecular flexibility index (Phi) is 4.62. The second kappa shape index (κ2) is 6.01. The predicted molar refractivity (Wildman–Crippen MR) is 71.4 cm³/mol. The van der Waals surface area contributed by atoms with E-state index in [0.29, 0.717) is 22.8 Å². The first-order valence-electron chi connectivity index (χ1n) is 5.95. The number of aromatic nitrogens is 1. The highest BCUT2D eigenvalue weighted by molar-refractivity contribution is 6.32. The van der Waals surface area contributed by atoms with Crippen molar-refractivity contribution in [3.8, 4) is 0 Å². The molecule has 5 heteroatoms. The average Bonchev–Trinajstić information content (AvgIpc) is 2.34. The van der Waals surface area contributed by atoms with Gasteiger partial charge in [-0.2, -0.15) is 0 Å². The molecule has 2 heterocycles. The lowest BCUT2D eigenvalue weighted by Gasteiger charge is -2.34. The molecule has 0 radical (unpaired) electrons. The van der Waals surface area contributed by atoms with Crippen LogP contribution in [0.1, 0.15) is 25.0 Å². The molecule has 17 heavy (non-hydrogen) atoms. The Balaban J connectivity index is 2.10. The van der Waals surface area contributed by atoms with Gasteiger partial charge in [-0.05, 0) is 31.5 Å². The van der Waals surface area contributed by atoms with Gasteiger partial charge in [0.15, 0.2) is 0 Å². The van der Waals surface area contributed by atoms with Crippen LogP contribution in [0.3, 0.4) is 0 Å². The molecule has 1 unspecified atom stereocenters. The van der Waals surface area contributed by atoms with E-state index in [2.05, 4.69) is 9.88 Å². The van der Waals surface area contributed by atoms with E-state index >= 15 is 0 Å². The molecule has 1 aromatic heterocycles. The molecule has 0 amide bonds. The van der Waals surface area contributed by atoms with Crippen LogP contribution in [0.5, 0.6) is 0 Å².